The number of likely N-dealkylation sites (N-methyl/N-ethyl adjacent to an activating group) is 1. The molecule has 11 heteroatoms. The first-order chi connectivity index (χ1) is 22.2. The topological polar surface area (TPSA) is 57.7 Å². The number of pyridine rings is 1. The predicted octanol–water partition coefficient (Wildman–Crippen LogP) is 9.32. The van der Waals surface area contributed by atoms with Gasteiger partial charge in [0.05, 0.1) is 0 Å². The molecule has 1 aromatic carbocycles. The summed E-state index contributed by atoms with van der Waals surface area (Å²) in [5, 5.41) is 3.00. The second-order valence-corrected chi connectivity index (χ2v) is 33.5. The summed E-state index contributed by atoms with van der Waals surface area (Å²) in [5.41, 5.74) is 0.502. The summed E-state index contributed by atoms with van der Waals surface area (Å²) in [5.74, 6) is -0.745. The van der Waals surface area contributed by atoms with E-state index in [9.17, 15) is 13.6 Å². The number of carbonyl (C=O) groups excluding carboxylic acids is 1. The molecule has 2 heterocycles. The summed E-state index contributed by atoms with van der Waals surface area (Å²) in [6.45, 7) is 17.9. The van der Waals surface area contributed by atoms with E-state index in [-0.39, 0.29) is 23.3 Å². The summed E-state index contributed by atoms with van der Waals surface area (Å²) >= 11 is -3.29. The number of nitrogens with zero attached hydrogens (tertiary/aromatic N) is 3. The summed E-state index contributed by atoms with van der Waals surface area (Å²) < 4.78 is 55.1. The molecule has 1 N–H and O–H groups in total. The number of aromatic nitrogens is 1. The number of halogens is 3. The van der Waals surface area contributed by atoms with Crippen molar-refractivity contribution in [1.29, 1.82) is 0 Å². The minimum atomic E-state index is -3.29. The van der Waals surface area contributed by atoms with Crippen LogP contribution in [0.15, 0.2) is 24.4 Å². The van der Waals surface area contributed by atoms with Gasteiger partial charge in [0, 0.05) is 8.07 Å². The van der Waals surface area contributed by atoms with Crippen molar-refractivity contribution in [1.82, 2.24) is 9.88 Å². The number of anilines is 2. The van der Waals surface area contributed by atoms with Gasteiger partial charge in [0.1, 0.15) is 0 Å². The number of hydrogen-bond donors (Lipinski definition) is 1. The average molecular weight is 784 g/mol. The van der Waals surface area contributed by atoms with Gasteiger partial charge in [0.25, 0.3) is 0 Å². The number of carbonyl (C=O) groups is 1. The van der Waals surface area contributed by atoms with Gasteiger partial charge in [-0.2, -0.15) is 0 Å². The molecule has 1 aliphatic rings. The van der Waals surface area contributed by atoms with Gasteiger partial charge >= 0.3 is 261 Å². The minimum absolute atomic E-state index is 0.0907. The molecule has 1 saturated heterocycles. The molecule has 3 rings (SSSR count). The van der Waals surface area contributed by atoms with E-state index >= 15 is 4.39 Å². The van der Waals surface area contributed by atoms with Crippen LogP contribution < -0.4 is 18.5 Å². The standard InChI is InChI=1S/C24H32F3N4O2Si.3C4H9.Sn/c1-16-15-31(9-8-30(16)2)21-12-17(25)6-7-20(21)29-24(32)19-14-28-22(13-18(19)23(26)27)33-10-11-34(3,4)5;3*1-3-4-2;/h7,12-14,16,23H,8-11,15H2,1-5H3,(H,29,32);3*1,3-4H2,2H3;. The van der Waals surface area contributed by atoms with E-state index in [0.29, 0.717) is 31.1 Å². The number of benzene rings is 1. The Labute approximate surface area is 287 Å². The number of hydrogen-bond acceptors (Lipinski definition) is 5. The molecule has 0 saturated carbocycles. The zero-order valence-electron chi connectivity index (χ0n) is 30.2. The number of ether oxygens (including phenoxy) is 1. The number of nitrogens with one attached hydrogen (secondary N) is 1. The van der Waals surface area contributed by atoms with Crippen molar-refractivity contribution in [2.24, 2.45) is 0 Å². The van der Waals surface area contributed by atoms with Gasteiger partial charge in [-0.05, 0) is 0 Å². The van der Waals surface area contributed by atoms with Gasteiger partial charge in [-0.15, -0.1) is 0 Å². The molecule has 1 atom stereocenters. The molecule has 0 spiro atoms. The van der Waals surface area contributed by atoms with Crippen LogP contribution >= 0.6 is 0 Å². The van der Waals surface area contributed by atoms with Gasteiger partial charge in [-0.3, -0.25) is 0 Å². The number of unbranched alkanes of at least 4 members (excludes halogenated alkanes) is 3. The maximum atomic E-state index is 16.6. The molecule has 0 bridgehead atoms. The quantitative estimate of drug-likeness (QED) is 0.153. The van der Waals surface area contributed by atoms with Crippen molar-refractivity contribution in [2.75, 3.05) is 43.5 Å². The molecular formula is C36H59F3N4O2SiSn. The van der Waals surface area contributed by atoms with Gasteiger partial charge < -0.3 is 0 Å². The second kappa shape index (κ2) is 18.3. The first kappa shape index (κ1) is 39.6. The fourth-order valence-electron chi connectivity index (χ4n) is 6.47. The van der Waals surface area contributed by atoms with Crippen LogP contribution in [0.1, 0.15) is 88.6 Å². The zero-order valence-corrected chi connectivity index (χ0v) is 34.0. The third-order valence-electron chi connectivity index (χ3n) is 9.72. The van der Waals surface area contributed by atoms with Crippen molar-refractivity contribution in [3.63, 3.8) is 0 Å². The van der Waals surface area contributed by atoms with Crippen LogP contribution in [0.2, 0.25) is 39.0 Å². The summed E-state index contributed by atoms with van der Waals surface area (Å²) in [6.07, 6.45) is 4.67. The van der Waals surface area contributed by atoms with Crippen LogP contribution in [0, 0.1) is 5.82 Å². The number of piperazine rings is 1. The maximum absolute atomic E-state index is 16.6. The SMILES string of the molecule is CCC[CH2][Sn]([CH2]CCC)([CH2]CCC)[c]1cc(NC(=O)c2cnc(OCC[Si](C)(C)C)cc2C(F)F)c(N2CCN(C)C(C)C2)cc1F. The molecule has 6 nitrogen and oxygen atoms in total. The number of amides is 1. The fourth-order valence-corrected chi connectivity index (χ4v) is 23.4. The van der Waals surface area contributed by atoms with Crippen molar-refractivity contribution in [3.05, 3.63) is 41.3 Å². The molecule has 0 radical (unpaired) electrons. The molecule has 264 valence electrons. The van der Waals surface area contributed by atoms with Crippen molar-refractivity contribution < 1.29 is 22.7 Å². The van der Waals surface area contributed by atoms with Crippen molar-refractivity contribution in [3.8, 4) is 5.88 Å². The molecule has 1 unspecified atom stereocenters. The molecule has 1 fully saturated rings. The van der Waals surface area contributed by atoms with E-state index < -0.39 is 44.3 Å². The van der Waals surface area contributed by atoms with Crippen LogP contribution in [0.3, 0.4) is 0 Å². The first-order valence-corrected chi connectivity index (χ1v) is 29.0. The third kappa shape index (κ3) is 11.1. The third-order valence-corrected chi connectivity index (χ3v) is 27.0. The zero-order chi connectivity index (χ0) is 34.8. The monoisotopic (exact) mass is 784 g/mol. The molecule has 1 aromatic heterocycles. The Morgan fingerprint density at radius 3 is 2.19 bits per heavy atom. The van der Waals surface area contributed by atoms with Crippen molar-refractivity contribution in [2.45, 2.75) is 118 Å². The Hall–Kier alpha value is -1.79. The van der Waals surface area contributed by atoms with E-state index in [1.54, 1.807) is 6.07 Å². The fraction of sp³-hybridized carbons (Fsp3) is 0.667. The molecule has 1 aliphatic heterocycles. The Balaban J connectivity index is 2.10. The van der Waals surface area contributed by atoms with Crippen LogP contribution in [0.25, 0.3) is 0 Å². The summed E-state index contributed by atoms with van der Waals surface area (Å²) in [4.78, 5) is 22.5. The Morgan fingerprint density at radius 2 is 1.66 bits per heavy atom. The Kier molecular flexibility index (Phi) is 15.4. The van der Waals surface area contributed by atoms with Crippen LogP contribution in [-0.4, -0.2) is 81.6 Å². The van der Waals surface area contributed by atoms with E-state index in [0.717, 1.165) is 68.0 Å². The predicted molar refractivity (Wildman–Crippen MR) is 196 cm³/mol. The van der Waals surface area contributed by atoms with Crippen LogP contribution in [-0.2, 0) is 0 Å². The summed E-state index contributed by atoms with van der Waals surface area (Å²) in [7, 11) is 0.687. The first-order valence-electron chi connectivity index (χ1n) is 17.8. The Morgan fingerprint density at radius 1 is 1.04 bits per heavy atom. The van der Waals surface area contributed by atoms with Gasteiger partial charge in [0.15, 0.2) is 0 Å². The Bertz CT molecular complexity index is 1290. The van der Waals surface area contributed by atoms with Gasteiger partial charge in [-0.1, -0.05) is 19.6 Å². The average Bonchev–Trinajstić information content (AvgIpc) is 3.02. The number of alkyl halides is 2. The molecular weight excluding hydrogens is 724 g/mol. The van der Waals surface area contributed by atoms with Gasteiger partial charge in [0.2, 0.25) is 0 Å². The van der Waals surface area contributed by atoms with E-state index in [1.165, 1.54) is 12.3 Å². The molecule has 2 aromatic rings. The summed E-state index contributed by atoms with van der Waals surface area (Å²) in [6, 6.07) is 5.81. The molecule has 47 heavy (non-hydrogen) atoms. The van der Waals surface area contributed by atoms with Crippen LogP contribution in [0.5, 0.6) is 5.88 Å². The second-order valence-electron chi connectivity index (χ2n) is 14.7. The van der Waals surface area contributed by atoms with E-state index in [2.05, 4.69) is 74.5 Å². The van der Waals surface area contributed by atoms with Gasteiger partial charge in [-0.25, -0.2) is 0 Å². The van der Waals surface area contributed by atoms with E-state index in [4.69, 9.17) is 4.74 Å². The van der Waals surface area contributed by atoms with Crippen molar-refractivity contribution >= 4 is 47.3 Å². The molecule has 0 aliphatic carbocycles. The number of rotatable bonds is 18. The van der Waals surface area contributed by atoms with E-state index in [1.807, 2.05) is 6.07 Å². The molecule has 1 amide bonds. The normalized spacial score (nSPS) is 16.2. The van der Waals surface area contributed by atoms with Crippen LogP contribution in [0.4, 0.5) is 24.5 Å².